The van der Waals surface area contributed by atoms with Crippen molar-refractivity contribution in [3.63, 3.8) is 0 Å². The fourth-order valence-corrected chi connectivity index (χ4v) is 7.85. The van der Waals surface area contributed by atoms with Crippen LogP contribution in [0, 0.1) is 0 Å². The van der Waals surface area contributed by atoms with Gasteiger partial charge in [-0.15, -0.1) is 0 Å². The Balaban J connectivity index is 3.34. The maximum atomic E-state index is 12.2. The van der Waals surface area contributed by atoms with E-state index < -0.39 is 6.10 Å². The van der Waals surface area contributed by atoms with E-state index in [1.54, 1.807) is 0 Å². The Hall–Kier alpha value is -1.10. The van der Waals surface area contributed by atoms with Gasteiger partial charge in [-0.05, 0) is 12.8 Å². The van der Waals surface area contributed by atoms with Crippen molar-refractivity contribution in [1.82, 2.24) is 0 Å². The van der Waals surface area contributed by atoms with Crippen molar-refractivity contribution in [3.05, 3.63) is 0 Å². The number of ether oxygens (including phenoxy) is 2. The molecule has 0 spiro atoms. The minimum absolute atomic E-state index is 0.0571. The van der Waals surface area contributed by atoms with Gasteiger partial charge in [0, 0.05) is 12.8 Å². The minimum atomic E-state index is -0.761. The molecule has 55 heavy (non-hydrogen) atoms. The SMILES string of the molecule is CCCCCCCCCCCCCCCCCCCCCCCCCCCCCCCCCC(=O)OC(CO)COC(=O)CCCCCCCCCCCC. The summed E-state index contributed by atoms with van der Waals surface area (Å²) in [7, 11) is 0. The van der Waals surface area contributed by atoms with Gasteiger partial charge >= 0.3 is 11.9 Å². The number of hydrogen-bond donors (Lipinski definition) is 1. The van der Waals surface area contributed by atoms with Gasteiger partial charge in [-0.2, -0.15) is 0 Å². The van der Waals surface area contributed by atoms with E-state index in [0.717, 1.165) is 38.5 Å². The third-order valence-corrected chi connectivity index (χ3v) is 11.7. The molecule has 0 rings (SSSR count). The van der Waals surface area contributed by atoms with Crippen molar-refractivity contribution in [2.75, 3.05) is 13.2 Å². The van der Waals surface area contributed by atoms with Crippen LogP contribution < -0.4 is 0 Å². The van der Waals surface area contributed by atoms with Gasteiger partial charge in [-0.3, -0.25) is 9.59 Å². The number of carbonyl (C=O) groups excluding carboxylic acids is 2. The molecule has 5 heteroatoms. The normalized spacial score (nSPS) is 12.0. The summed E-state index contributed by atoms with van der Waals surface area (Å²) in [5.74, 6) is -0.574. The molecule has 0 saturated heterocycles. The predicted molar refractivity (Wildman–Crippen MR) is 238 cm³/mol. The van der Waals surface area contributed by atoms with E-state index in [1.165, 1.54) is 225 Å². The second kappa shape index (κ2) is 47.3. The highest BCUT2D eigenvalue weighted by atomic mass is 16.6. The standard InChI is InChI=1S/C50H98O5/c1-3-5-7-9-11-13-15-16-17-18-19-20-21-22-23-24-25-26-27-28-29-30-31-32-33-34-35-37-39-41-43-45-50(53)55-48(46-51)47-54-49(52)44-42-40-38-36-14-12-10-8-6-4-2/h48,51H,3-47H2,1-2H3. The van der Waals surface area contributed by atoms with Crippen LogP contribution in [0.5, 0.6) is 0 Å². The van der Waals surface area contributed by atoms with Crippen LogP contribution in [0.4, 0.5) is 0 Å². The molecule has 0 fully saturated rings. The number of rotatable bonds is 47. The average Bonchev–Trinajstić information content (AvgIpc) is 3.19. The number of aliphatic hydroxyl groups is 1. The fraction of sp³-hybridized carbons (Fsp3) is 0.960. The van der Waals surface area contributed by atoms with Crippen LogP contribution in [0.3, 0.4) is 0 Å². The first-order valence-corrected chi connectivity index (χ1v) is 25.1. The highest BCUT2D eigenvalue weighted by molar-refractivity contribution is 5.70. The molecule has 5 nitrogen and oxygen atoms in total. The molecule has 0 aromatic carbocycles. The van der Waals surface area contributed by atoms with Gasteiger partial charge in [0.15, 0.2) is 6.10 Å². The molecule has 0 aliphatic heterocycles. The zero-order valence-corrected chi connectivity index (χ0v) is 37.5. The highest BCUT2D eigenvalue weighted by Crippen LogP contribution is 2.17. The number of aliphatic hydroxyl groups excluding tert-OH is 1. The lowest BCUT2D eigenvalue weighted by Crippen LogP contribution is -2.28. The fourth-order valence-electron chi connectivity index (χ4n) is 7.85. The maximum absolute atomic E-state index is 12.2. The summed E-state index contributed by atoms with van der Waals surface area (Å²) in [6.45, 7) is 4.16. The lowest BCUT2D eigenvalue weighted by atomic mass is 10.0. The molecule has 0 aliphatic carbocycles. The van der Waals surface area contributed by atoms with Gasteiger partial charge in [0.05, 0.1) is 6.61 Å². The van der Waals surface area contributed by atoms with Crippen molar-refractivity contribution in [3.8, 4) is 0 Å². The van der Waals surface area contributed by atoms with Crippen molar-refractivity contribution >= 4 is 11.9 Å². The van der Waals surface area contributed by atoms with Gasteiger partial charge < -0.3 is 14.6 Å². The van der Waals surface area contributed by atoms with E-state index in [4.69, 9.17) is 9.47 Å². The summed E-state index contributed by atoms with van der Waals surface area (Å²) < 4.78 is 10.6. The Morgan fingerprint density at radius 1 is 0.345 bits per heavy atom. The van der Waals surface area contributed by atoms with E-state index >= 15 is 0 Å². The van der Waals surface area contributed by atoms with Gasteiger partial charge in [0.2, 0.25) is 0 Å². The van der Waals surface area contributed by atoms with Crippen molar-refractivity contribution < 1.29 is 24.2 Å². The summed E-state index contributed by atoms with van der Waals surface area (Å²) in [6.07, 6.45) is 55.1. The molecule has 0 saturated carbocycles. The zero-order valence-electron chi connectivity index (χ0n) is 37.5. The summed E-state index contributed by atoms with van der Waals surface area (Å²) >= 11 is 0. The molecule has 0 heterocycles. The minimum Gasteiger partial charge on any atom is -0.462 e. The van der Waals surface area contributed by atoms with Gasteiger partial charge in [-0.25, -0.2) is 0 Å². The molecule has 328 valence electrons. The largest absolute Gasteiger partial charge is 0.462 e. The van der Waals surface area contributed by atoms with E-state index in [0.29, 0.717) is 12.8 Å². The monoisotopic (exact) mass is 779 g/mol. The second-order valence-corrected chi connectivity index (χ2v) is 17.3. The summed E-state index contributed by atoms with van der Waals surface area (Å²) in [5, 5.41) is 9.57. The number of carbonyl (C=O) groups is 2. The third-order valence-electron chi connectivity index (χ3n) is 11.7. The lowest BCUT2D eigenvalue weighted by Gasteiger charge is -2.15. The first-order valence-electron chi connectivity index (χ1n) is 25.1. The summed E-state index contributed by atoms with van der Waals surface area (Å²) in [5.41, 5.74) is 0. The summed E-state index contributed by atoms with van der Waals surface area (Å²) in [6, 6.07) is 0. The average molecular weight is 779 g/mol. The van der Waals surface area contributed by atoms with Crippen LogP contribution in [0.25, 0.3) is 0 Å². The molecule has 1 N–H and O–H groups in total. The number of unbranched alkanes of at least 4 members (excludes halogenated alkanes) is 39. The van der Waals surface area contributed by atoms with Crippen molar-refractivity contribution in [2.45, 2.75) is 296 Å². The second-order valence-electron chi connectivity index (χ2n) is 17.3. The smallest absolute Gasteiger partial charge is 0.306 e. The number of hydrogen-bond acceptors (Lipinski definition) is 5. The van der Waals surface area contributed by atoms with Crippen LogP contribution in [0.1, 0.15) is 290 Å². The molecule has 0 aromatic heterocycles. The lowest BCUT2D eigenvalue weighted by molar-refractivity contribution is -0.161. The van der Waals surface area contributed by atoms with Crippen LogP contribution in [0.15, 0.2) is 0 Å². The van der Waals surface area contributed by atoms with E-state index in [9.17, 15) is 14.7 Å². The molecular weight excluding hydrogens is 681 g/mol. The van der Waals surface area contributed by atoms with E-state index in [1.807, 2.05) is 0 Å². The zero-order chi connectivity index (χ0) is 40.0. The van der Waals surface area contributed by atoms with E-state index in [-0.39, 0.29) is 25.2 Å². The molecule has 0 aliphatic rings. The predicted octanol–water partition coefficient (Wildman–Crippen LogP) is 16.2. The van der Waals surface area contributed by atoms with Gasteiger partial charge in [0.1, 0.15) is 6.61 Å². The highest BCUT2D eigenvalue weighted by Gasteiger charge is 2.16. The Morgan fingerprint density at radius 2 is 0.564 bits per heavy atom. The third kappa shape index (κ3) is 45.5. The van der Waals surface area contributed by atoms with Crippen LogP contribution >= 0.6 is 0 Å². The molecule has 0 radical (unpaired) electrons. The van der Waals surface area contributed by atoms with Crippen LogP contribution in [-0.4, -0.2) is 36.4 Å². The van der Waals surface area contributed by atoms with Gasteiger partial charge in [0.25, 0.3) is 0 Å². The van der Waals surface area contributed by atoms with Crippen LogP contribution in [-0.2, 0) is 19.1 Å². The first kappa shape index (κ1) is 53.9. The maximum Gasteiger partial charge on any atom is 0.306 e. The van der Waals surface area contributed by atoms with Crippen molar-refractivity contribution in [1.29, 1.82) is 0 Å². The molecular formula is C50H98O5. The Bertz CT molecular complexity index is 754. The van der Waals surface area contributed by atoms with Gasteiger partial charge in [-0.1, -0.05) is 264 Å². The molecule has 1 atom stereocenters. The molecule has 0 amide bonds. The van der Waals surface area contributed by atoms with E-state index in [2.05, 4.69) is 13.8 Å². The Morgan fingerprint density at radius 3 is 0.800 bits per heavy atom. The van der Waals surface area contributed by atoms with Crippen molar-refractivity contribution in [2.24, 2.45) is 0 Å². The topological polar surface area (TPSA) is 72.8 Å². The summed E-state index contributed by atoms with van der Waals surface area (Å²) in [4.78, 5) is 24.3. The first-order chi connectivity index (χ1) is 27.1. The number of esters is 2. The Labute approximate surface area is 344 Å². The molecule has 0 aromatic rings. The van der Waals surface area contributed by atoms with Crippen LogP contribution in [0.2, 0.25) is 0 Å². The molecule has 0 bridgehead atoms. The quantitative estimate of drug-likeness (QED) is 0.0492. The molecule has 1 unspecified atom stereocenters. The Kier molecular flexibility index (Phi) is 46.3.